The van der Waals surface area contributed by atoms with Gasteiger partial charge in [0.05, 0.1) is 0 Å². The topological polar surface area (TPSA) is 35.5 Å². The summed E-state index contributed by atoms with van der Waals surface area (Å²) in [6, 6.07) is 3.28. The number of carbonyl (C=O) groups excluding carboxylic acids is 1. The maximum absolute atomic E-state index is 11.2. The van der Waals surface area contributed by atoms with Gasteiger partial charge in [0.2, 0.25) is 6.79 Å². The SMILES string of the molecule is C#Cc1cc2c(cc1C(C)=O)OCO2. The highest BCUT2D eigenvalue weighted by Gasteiger charge is 2.17. The normalized spacial score (nSPS) is 12.3. The number of ether oxygens (including phenoxy) is 2. The third-order valence-corrected chi connectivity index (χ3v) is 2.05. The maximum atomic E-state index is 11.2. The van der Waals surface area contributed by atoms with Crippen molar-refractivity contribution in [2.45, 2.75) is 6.92 Å². The summed E-state index contributed by atoms with van der Waals surface area (Å²) in [5.41, 5.74) is 1.04. The third kappa shape index (κ3) is 1.21. The van der Waals surface area contributed by atoms with Crippen LogP contribution in [0.25, 0.3) is 0 Å². The quantitative estimate of drug-likeness (QED) is 0.496. The van der Waals surface area contributed by atoms with Gasteiger partial charge in [-0.15, -0.1) is 6.42 Å². The largest absolute Gasteiger partial charge is 0.454 e. The number of Topliss-reactive ketones (excluding diaryl/α,β-unsaturated/α-hetero) is 1. The zero-order valence-corrected chi connectivity index (χ0v) is 7.66. The molecule has 2 rings (SSSR count). The molecule has 1 aliphatic rings. The van der Waals surface area contributed by atoms with Crippen LogP contribution in [0.4, 0.5) is 0 Å². The van der Waals surface area contributed by atoms with E-state index in [2.05, 4.69) is 5.92 Å². The number of terminal acetylenes is 1. The summed E-state index contributed by atoms with van der Waals surface area (Å²) in [6.45, 7) is 1.65. The molecule has 0 atom stereocenters. The summed E-state index contributed by atoms with van der Waals surface area (Å²) in [5, 5.41) is 0. The molecule has 1 aromatic rings. The van der Waals surface area contributed by atoms with Crippen LogP contribution in [-0.2, 0) is 0 Å². The average Bonchev–Trinajstić information content (AvgIpc) is 2.62. The fourth-order valence-corrected chi connectivity index (χ4v) is 1.35. The number of rotatable bonds is 1. The van der Waals surface area contributed by atoms with Crippen LogP contribution in [0, 0.1) is 12.3 Å². The van der Waals surface area contributed by atoms with E-state index >= 15 is 0 Å². The monoisotopic (exact) mass is 188 g/mol. The molecular weight excluding hydrogens is 180 g/mol. The van der Waals surface area contributed by atoms with Crippen LogP contribution in [-0.4, -0.2) is 12.6 Å². The molecule has 0 aromatic heterocycles. The van der Waals surface area contributed by atoms with E-state index in [1.165, 1.54) is 6.92 Å². The number of hydrogen-bond acceptors (Lipinski definition) is 3. The lowest BCUT2D eigenvalue weighted by molar-refractivity contribution is 0.101. The minimum Gasteiger partial charge on any atom is -0.454 e. The fraction of sp³-hybridized carbons (Fsp3) is 0.182. The van der Waals surface area contributed by atoms with Crippen molar-refractivity contribution in [3.05, 3.63) is 23.3 Å². The van der Waals surface area contributed by atoms with Crippen molar-refractivity contribution in [1.82, 2.24) is 0 Å². The van der Waals surface area contributed by atoms with Crippen LogP contribution >= 0.6 is 0 Å². The molecule has 0 unspecified atom stereocenters. The molecule has 70 valence electrons. The van der Waals surface area contributed by atoms with Gasteiger partial charge in [-0.25, -0.2) is 0 Å². The minimum absolute atomic E-state index is 0.0729. The van der Waals surface area contributed by atoms with Crippen LogP contribution in [0.1, 0.15) is 22.8 Å². The van der Waals surface area contributed by atoms with Gasteiger partial charge < -0.3 is 9.47 Å². The molecule has 1 heterocycles. The zero-order valence-electron chi connectivity index (χ0n) is 7.66. The molecule has 0 saturated heterocycles. The van der Waals surface area contributed by atoms with Crippen molar-refractivity contribution in [3.63, 3.8) is 0 Å². The molecule has 0 amide bonds. The lowest BCUT2D eigenvalue weighted by atomic mass is 10.0. The van der Waals surface area contributed by atoms with E-state index in [-0.39, 0.29) is 12.6 Å². The van der Waals surface area contributed by atoms with Gasteiger partial charge in [0.1, 0.15) is 0 Å². The Balaban J connectivity index is 2.61. The Labute approximate surface area is 81.6 Å². The lowest BCUT2D eigenvalue weighted by Gasteiger charge is -2.02. The number of fused-ring (bicyclic) bond motifs is 1. The summed E-state index contributed by atoms with van der Waals surface area (Å²) >= 11 is 0. The maximum Gasteiger partial charge on any atom is 0.231 e. The first kappa shape index (κ1) is 8.64. The second-order valence-electron chi connectivity index (χ2n) is 2.95. The van der Waals surface area contributed by atoms with Crippen molar-refractivity contribution in [2.24, 2.45) is 0 Å². The van der Waals surface area contributed by atoms with E-state index in [9.17, 15) is 4.79 Å². The van der Waals surface area contributed by atoms with Crippen molar-refractivity contribution < 1.29 is 14.3 Å². The smallest absolute Gasteiger partial charge is 0.231 e. The minimum atomic E-state index is -0.0729. The summed E-state index contributed by atoms with van der Waals surface area (Å²) in [6.07, 6.45) is 5.28. The summed E-state index contributed by atoms with van der Waals surface area (Å²) < 4.78 is 10.3. The Bertz CT molecular complexity index is 441. The number of carbonyl (C=O) groups is 1. The summed E-state index contributed by atoms with van der Waals surface area (Å²) in [5.74, 6) is 3.56. The number of hydrogen-bond donors (Lipinski definition) is 0. The Hall–Kier alpha value is -1.95. The van der Waals surface area contributed by atoms with Gasteiger partial charge >= 0.3 is 0 Å². The van der Waals surface area contributed by atoms with Crippen LogP contribution < -0.4 is 9.47 Å². The zero-order chi connectivity index (χ0) is 10.1. The third-order valence-electron chi connectivity index (χ3n) is 2.05. The first-order valence-corrected chi connectivity index (χ1v) is 4.13. The van der Waals surface area contributed by atoms with E-state index in [1.54, 1.807) is 12.1 Å². The number of ketones is 1. The van der Waals surface area contributed by atoms with Gasteiger partial charge in [-0.3, -0.25) is 4.79 Å². The molecule has 0 N–H and O–H groups in total. The summed E-state index contributed by atoms with van der Waals surface area (Å²) in [4.78, 5) is 11.2. The molecule has 0 fully saturated rings. The molecule has 0 saturated carbocycles. The van der Waals surface area contributed by atoms with Crippen molar-refractivity contribution in [3.8, 4) is 23.8 Å². The van der Waals surface area contributed by atoms with E-state index in [0.29, 0.717) is 22.6 Å². The molecule has 3 heteroatoms. The molecule has 3 nitrogen and oxygen atoms in total. The van der Waals surface area contributed by atoms with E-state index in [4.69, 9.17) is 15.9 Å². The van der Waals surface area contributed by atoms with Crippen molar-refractivity contribution >= 4 is 5.78 Å². The average molecular weight is 188 g/mol. The van der Waals surface area contributed by atoms with E-state index < -0.39 is 0 Å². The number of benzene rings is 1. The second-order valence-corrected chi connectivity index (χ2v) is 2.95. The Morgan fingerprint density at radius 3 is 2.64 bits per heavy atom. The van der Waals surface area contributed by atoms with E-state index in [1.807, 2.05) is 0 Å². The van der Waals surface area contributed by atoms with Crippen LogP contribution in [0.15, 0.2) is 12.1 Å². The van der Waals surface area contributed by atoms with Gasteiger partial charge in [-0.1, -0.05) is 5.92 Å². The Morgan fingerprint density at radius 2 is 2.07 bits per heavy atom. The van der Waals surface area contributed by atoms with Gasteiger partial charge in [0.25, 0.3) is 0 Å². The van der Waals surface area contributed by atoms with Gasteiger partial charge in [-0.05, 0) is 13.0 Å². The molecule has 1 aliphatic heterocycles. The van der Waals surface area contributed by atoms with E-state index in [0.717, 1.165) is 0 Å². The molecule has 0 spiro atoms. The first-order chi connectivity index (χ1) is 6.72. The predicted molar refractivity (Wildman–Crippen MR) is 50.5 cm³/mol. The standard InChI is InChI=1S/C11H8O3/c1-3-8-4-10-11(14-6-13-10)5-9(8)7(2)12/h1,4-5H,6H2,2H3. The highest BCUT2D eigenvalue weighted by molar-refractivity contribution is 5.97. The highest BCUT2D eigenvalue weighted by Crippen LogP contribution is 2.34. The summed E-state index contributed by atoms with van der Waals surface area (Å²) in [7, 11) is 0. The van der Waals surface area contributed by atoms with Gasteiger partial charge in [-0.2, -0.15) is 0 Å². The van der Waals surface area contributed by atoms with Gasteiger partial charge in [0, 0.05) is 17.2 Å². The van der Waals surface area contributed by atoms with Crippen LogP contribution in [0.2, 0.25) is 0 Å². The Morgan fingerprint density at radius 1 is 1.43 bits per heavy atom. The van der Waals surface area contributed by atoms with Crippen LogP contribution in [0.5, 0.6) is 11.5 Å². The molecule has 0 bridgehead atoms. The second kappa shape index (κ2) is 3.08. The van der Waals surface area contributed by atoms with Crippen molar-refractivity contribution in [2.75, 3.05) is 6.79 Å². The first-order valence-electron chi connectivity index (χ1n) is 4.13. The highest BCUT2D eigenvalue weighted by atomic mass is 16.7. The molecular formula is C11H8O3. The molecule has 14 heavy (non-hydrogen) atoms. The van der Waals surface area contributed by atoms with Crippen LogP contribution in [0.3, 0.4) is 0 Å². The molecule has 0 radical (unpaired) electrons. The predicted octanol–water partition coefficient (Wildman–Crippen LogP) is 1.60. The lowest BCUT2D eigenvalue weighted by Crippen LogP contribution is -1.96. The fourth-order valence-electron chi connectivity index (χ4n) is 1.35. The molecule has 0 aliphatic carbocycles. The Kier molecular flexibility index (Phi) is 1.90. The van der Waals surface area contributed by atoms with Gasteiger partial charge in [0.15, 0.2) is 17.3 Å². The van der Waals surface area contributed by atoms with Crippen molar-refractivity contribution in [1.29, 1.82) is 0 Å². The molecule has 1 aromatic carbocycles.